The maximum Gasteiger partial charge on any atom is 0.339 e. The SMILES string of the molecule is COC(=O)c1cs[c]c1Br. The molecule has 1 radical (unpaired) electrons. The summed E-state index contributed by atoms with van der Waals surface area (Å²) in [6.07, 6.45) is 0. The summed E-state index contributed by atoms with van der Waals surface area (Å²) in [6, 6.07) is 0. The normalized spacial score (nSPS) is 9.40. The van der Waals surface area contributed by atoms with E-state index in [0.717, 1.165) is 0 Å². The highest BCUT2D eigenvalue weighted by molar-refractivity contribution is 9.10. The van der Waals surface area contributed by atoms with Crippen molar-refractivity contribution in [2.45, 2.75) is 0 Å². The molecule has 0 unspecified atom stereocenters. The van der Waals surface area contributed by atoms with E-state index in [0.29, 0.717) is 10.0 Å². The molecule has 0 atom stereocenters. The van der Waals surface area contributed by atoms with Gasteiger partial charge >= 0.3 is 5.97 Å². The van der Waals surface area contributed by atoms with Gasteiger partial charge in [-0.3, -0.25) is 0 Å². The van der Waals surface area contributed by atoms with Gasteiger partial charge in [0.25, 0.3) is 0 Å². The minimum Gasteiger partial charge on any atom is -0.465 e. The highest BCUT2D eigenvalue weighted by Crippen LogP contribution is 2.20. The number of thiophene rings is 1. The molecule has 1 aromatic rings. The molecule has 0 aliphatic heterocycles. The average molecular weight is 220 g/mol. The fraction of sp³-hybridized carbons (Fsp3) is 0.167. The first-order valence-electron chi connectivity index (χ1n) is 2.48. The summed E-state index contributed by atoms with van der Waals surface area (Å²) < 4.78 is 5.16. The Hall–Kier alpha value is -0.350. The second-order valence-corrected chi connectivity index (χ2v) is 3.03. The van der Waals surface area contributed by atoms with Crippen LogP contribution < -0.4 is 0 Å². The van der Waals surface area contributed by atoms with Gasteiger partial charge in [0.15, 0.2) is 0 Å². The molecular weight excluding hydrogens is 216 g/mol. The van der Waals surface area contributed by atoms with Gasteiger partial charge in [-0.2, -0.15) is 0 Å². The van der Waals surface area contributed by atoms with Crippen molar-refractivity contribution in [3.63, 3.8) is 0 Å². The summed E-state index contributed by atoms with van der Waals surface area (Å²) in [5.74, 6) is -0.329. The van der Waals surface area contributed by atoms with Gasteiger partial charge in [0.2, 0.25) is 0 Å². The Morgan fingerprint density at radius 1 is 1.90 bits per heavy atom. The molecule has 0 saturated heterocycles. The molecular formula is C6H4BrO2S. The number of methoxy groups -OCH3 is 1. The lowest BCUT2D eigenvalue weighted by Crippen LogP contribution is -1.99. The van der Waals surface area contributed by atoms with E-state index >= 15 is 0 Å². The van der Waals surface area contributed by atoms with Crippen LogP contribution >= 0.6 is 27.3 Å². The van der Waals surface area contributed by atoms with Crippen molar-refractivity contribution < 1.29 is 9.53 Å². The fourth-order valence-corrected chi connectivity index (χ4v) is 1.81. The minimum atomic E-state index is -0.329. The molecule has 0 bridgehead atoms. The van der Waals surface area contributed by atoms with E-state index in [4.69, 9.17) is 0 Å². The Balaban J connectivity index is 2.93. The summed E-state index contributed by atoms with van der Waals surface area (Å²) in [5, 5.41) is 4.53. The average Bonchev–Trinajstić information content (AvgIpc) is 2.34. The zero-order valence-corrected chi connectivity index (χ0v) is 7.58. The molecule has 0 aliphatic rings. The van der Waals surface area contributed by atoms with Crippen LogP contribution in [0.1, 0.15) is 10.4 Å². The topological polar surface area (TPSA) is 26.3 Å². The summed E-state index contributed by atoms with van der Waals surface area (Å²) in [4.78, 5) is 10.8. The fourth-order valence-electron chi connectivity index (χ4n) is 0.495. The first-order chi connectivity index (χ1) is 4.75. The molecule has 0 N–H and O–H groups in total. The molecule has 0 fully saturated rings. The minimum absolute atomic E-state index is 0.329. The molecule has 0 saturated carbocycles. The number of halogens is 1. The second kappa shape index (κ2) is 3.16. The first-order valence-corrected chi connectivity index (χ1v) is 4.16. The lowest BCUT2D eigenvalue weighted by atomic mass is 10.3. The monoisotopic (exact) mass is 219 g/mol. The molecule has 0 amide bonds. The maximum atomic E-state index is 10.8. The molecule has 1 heterocycles. The first kappa shape index (κ1) is 7.75. The quantitative estimate of drug-likeness (QED) is 0.677. The van der Waals surface area contributed by atoms with Crippen molar-refractivity contribution in [1.82, 2.24) is 0 Å². The molecule has 53 valence electrons. The van der Waals surface area contributed by atoms with Crippen LogP contribution in [0.15, 0.2) is 9.85 Å². The molecule has 0 aromatic carbocycles. The summed E-state index contributed by atoms with van der Waals surface area (Å²) in [6.45, 7) is 0. The van der Waals surface area contributed by atoms with Gasteiger partial charge in [-0.15, -0.1) is 11.3 Å². The van der Waals surface area contributed by atoms with Crippen LogP contribution in [0.3, 0.4) is 0 Å². The number of rotatable bonds is 1. The van der Waals surface area contributed by atoms with E-state index in [2.05, 4.69) is 26.0 Å². The van der Waals surface area contributed by atoms with E-state index in [1.54, 1.807) is 5.38 Å². The Kier molecular flexibility index (Phi) is 2.45. The van der Waals surface area contributed by atoms with Crippen molar-refractivity contribution in [1.29, 1.82) is 0 Å². The standard InChI is InChI=1S/C6H4BrO2S/c1-9-6(8)4-2-10-3-5(4)7/h2H,1H3. The second-order valence-electron chi connectivity index (χ2n) is 1.56. The number of hydrogen-bond donors (Lipinski definition) is 0. The third-order valence-corrected chi connectivity index (χ3v) is 2.53. The maximum absolute atomic E-state index is 10.8. The van der Waals surface area contributed by atoms with Crippen molar-refractivity contribution in [3.05, 3.63) is 20.8 Å². The van der Waals surface area contributed by atoms with E-state index < -0.39 is 0 Å². The Labute approximate surface area is 70.9 Å². The van der Waals surface area contributed by atoms with Crippen LogP contribution in [-0.2, 0) is 4.74 Å². The van der Waals surface area contributed by atoms with Crippen molar-refractivity contribution in [2.24, 2.45) is 0 Å². The number of carbonyl (C=O) groups is 1. The van der Waals surface area contributed by atoms with Crippen LogP contribution in [-0.4, -0.2) is 13.1 Å². The molecule has 2 nitrogen and oxygen atoms in total. The molecule has 10 heavy (non-hydrogen) atoms. The Morgan fingerprint density at radius 3 is 3.00 bits per heavy atom. The van der Waals surface area contributed by atoms with E-state index in [1.165, 1.54) is 18.4 Å². The lowest BCUT2D eigenvalue weighted by Gasteiger charge is -1.93. The Bertz CT molecular complexity index is 244. The number of ether oxygens (including phenoxy) is 1. The summed E-state index contributed by atoms with van der Waals surface area (Å²) in [7, 11) is 1.35. The smallest absolute Gasteiger partial charge is 0.339 e. The highest BCUT2D eigenvalue weighted by atomic mass is 79.9. The molecule has 0 spiro atoms. The van der Waals surface area contributed by atoms with Gasteiger partial charge in [0.05, 0.1) is 22.5 Å². The predicted molar refractivity (Wildman–Crippen MR) is 42.2 cm³/mol. The van der Waals surface area contributed by atoms with Crippen LogP contribution in [0.2, 0.25) is 0 Å². The molecule has 0 aliphatic carbocycles. The van der Waals surface area contributed by atoms with Crippen LogP contribution in [0.5, 0.6) is 0 Å². The molecule has 4 heteroatoms. The lowest BCUT2D eigenvalue weighted by molar-refractivity contribution is 0.0600. The predicted octanol–water partition coefficient (Wildman–Crippen LogP) is 2.10. The van der Waals surface area contributed by atoms with E-state index in [-0.39, 0.29) is 5.97 Å². The van der Waals surface area contributed by atoms with Gasteiger partial charge in [-0.05, 0) is 15.9 Å². The number of esters is 1. The summed E-state index contributed by atoms with van der Waals surface area (Å²) in [5.41, 5.74) is 0.535. The van der Waals surface area contributed by atoms with Crippen molar-refractivity contribution in [3.8, 4) is 0 Å². The van der Waals surface area contributed by atoms with Crippen molar-refractivity contribution >= 4 is 33.2 Å². The van der Waals surface area contributed by atoms with Gasteiger partial charge < -0.3 is 4.74 Å². The zero-order valence-electron chi connectivity index (χ0n) is 5.18. The molecule has 1 rings (SSSR count). The largest absolute Gasteiger partial charge is 0.465 e. The van der Waals surface area contributed by atoms with Gasteiger partial charge in [-0.1, -0.05) is 0 Å². The third-order valence-electron chi connectivity index (χ3n) is 0.967. The van der Waals surface area contributed by atoms with E-state index in [1.807, 2.05) is 0 Å². The van der Waals surface area contributed by atoms with Crippen LogP contribution in [0.25, 0.3) is 0 Å². The summed E-state index contributed by atoms with van der Waals surface area (Å²) >= 11 is 4.50. The van der Waals surface area contributed by atoms with Crippen molar-refractivity contribution in [2.75, 3.05) is 7.11 Å². The van der Waals surface area contributed by atoms with Crippen LogP contribution in [0, 0.1) is 5.38 Å². The zero-order chi connectivity index (χ0) is 7.56. The Morgan fingerprint density at radius 2 is 2.60 bits per heavy atom. The van der Waals surface area contributed by atoms with Gasteiger partial charge in [-0.25, -0.2) is 4.79 Å². The molecule has 1 aromatic heterocycles. The third kappa shape index (κ3) is 1.38. The highest BCUT2D eigenvalue weighted by Gasteiger charge is 2.09. The van der Waals surface area contributed by atoms with Crippen LogP contribution in [0.4, 0.5) is 0 Å². The number of carbonyl (C=O) groups excluding carboxylic acids is 1. The van der Waals surface area contributed by atoms with E-state index in [9.17, 15) is 4.79 Å². The van der Waals surface area contributed by atoms with Gasteiger partial charge in [0.1, 0.15) is 0 Å². The number of hydrogen-bond acceptors (Lipinski definition) is 3. The van der Waals surface area contributed by atoms with Gasteiger partial charge in [0, 0.05) is 5.38 Å².